The Morgan fingerprint density at radius 1 is 1.10 bits per heavy atom. The lowest BCUT2D eigenvalue weighted by Gasteiger charge is -2.15. The number of aliphatic carboxylic acids is 1. The minimum absolute atomic E-state index is 0.0243. The number of Topliss-reactive ketones (excluding diaryl/α,β-unsaturated/α-hetero) is 1. The molecule has 4 rings (SSSR count). The SMILES string of the molecule is CCC(=O)c1cccc(C(=O)c2cn(CCOc3cc(CO[C@H](SC)C(=O)O)cc(C(C)O)c3)c3cnccc23)c1. The molecule has 1 unspecified atom stereocenters. The van der Waals surface area contributed by atoms with Gasteiger partial charge in [0, 0.05) is 40.9 Å². The summed E-state index contributed by atoms with van der Waals surface area (Å²) in [7, 11) is 0. The summed E-state index contributed by atoms with van der Waals surface area (Å²) in [6, 6.07) is 13.8. The van der Waals surface area contributed by atoms with Gasteiger partial charge in [0.05, 0.1) is 31.0 Å². The number of pyridine rings is 1. The molecule has 214 valence electrons. The van der Waals surface area contributed by atoms with Crippen molar-refractivity contribution in [2.75, 3.05) is 12.9 Å². The lowest BCUT2D eigenvalue weighted by Crippen LogP contribution is -2.19. The van der Waals surface area contributed by atoms with E-state index in [1.165, 1.54) is 0 Å². The van der Waals surface area contributed by atoms with Crippen LogP contribution in [0.4, 0.5) is 0 Å². The molecule has 0 amide bonds. The maximum absolute atomic E-state index is 13.5. The van der Waals surface area contributed by atoms with Gasteiger partial charge in [0.25, 0.3) is 0 Å². The first kappa shape index (κ1) is 30.0. The monoisotopic (exact) mass is 576 g/mol. The summed E-state index contributed by atoms with van der Waals surface area (Å²) in [6.07, 6.45) is 6.35. The predicted octanol–water partition coefficient (Wildman–Crippen LogP) is 5.28. The van der Waals surface area contributed by atoms with E-state index in [0.717, 1.165) is 22.7 Å². The van der Waals surface area contributed by atoms with E-state index in [-0.39, 0.29) is 24.8 Å². The molecule has 9 nitrogen and oxygen atoms in total. The number of nitrogens with zero attached hydrogens (tertiary/aromatic N) is 2. The maximum Gasteiger partial charge on any atom is 0.343 e. The summed E-state index contributed by atoms with van der Waals surface area (Å²) in [5.41, 5.74) is 2.50. The number of aliphatic hydroxyl groups is 1. The third kappa shape index (κ3) is 7.21. The number of ketones is 2. The van der Waals surface area contributed by atoms with Crippen LogP contribution in [0.25, 0.3) is 10.9 Å². The number of aromatic nitrogens is 2. The number of carbonyl (C=O) groups is 3. The van der Waals surface area contributed by atoms with Crippen molar-refractivity contribution in [2.24, 2.45) is 0 Å². The van der Waals surface area contributed by atoms with E-state index in [1.54, 1.807) is 87.2 Å². The zero-order chi connectivity index (χ0) is 29.5. The first-order valence-electron chi connectivity index (χ1n) is 13.1. The summed E-state index contributed by atoms with van der Waals surface area (Å²) in [5.74, 6) is -0.773. The third-order valence-electron chi connectivity index (χ3n) is 6.59. The number of hydrogen-bond acceptors (Lipinski definition) is 8. The van der Waals surface area contributed by atoms with Crippen LogP contribution in [-0.2, 0) is 22.7 Å². The van der Waals surface area contributed by atoms with Crippen molar-refractivity contribution in [3.05, 3.63) is 94.9 Å². The van der Waals surface area contributed by atoms with E-state index < -0.39 is 17.5 Å². The molecule has 0 aliphatic heterocycles. The molecule has 2 aromatic heterocycles. The van der Waals surface area contributed by atoms with E-state index in [4.69, 9.17) is 9.47 Å². The number of hydrogen-bond donors (Lipinski definition) is 2. The second-order valence-electron chi connectivity index (χ2n) is 9.47. The van der Waals surface area contributed by atoms with Crippen LogP contribution in [0.2, 0.25) is 0 Å². The number of thioether (sulfide) groups is 1. The molecule has 0 saturated heterocycles. The standard InChI is InChI=1S/C31H32N2O7S/c1-4-28(35)21-6-5-7-22(14-21)29(36)26-17-33(27-16-32-9-8-25(26)27)10-11-39-24-13-20(12-23(15-24)19(2)34)18-40-31(41-3)30(37)38/h5-9,12-17,19,31,34H,4,10-11,18H2,1-3H3,(H,37,38)/t19?,31-/m1/s1. The van der Waals surface area contributed by atoms with Crippen LogP contribution in [0.1, 0.15) is 63.8 Å². The van der Waals surface area contributed by atoms with Crippen LogP contribution in [-0.4, -0.2) is 55.6 Å². The lowest BCUT2D eigenvalue weighted by molar-refractivity contribution is -0.145. The smallest absolute Gasteiger partial charge is 0.343 e. The van der Waals surface area contributed by atoms with Gasteiger partial charge >= 0.3 is 5.97 Å². The summed E-state index contributed by atoms with van der Waals surface area (Å²) in [6.45, 7) is 4.12. The van der Waals surface area contributed by atoms with Crippen LogP contribution >= 0.6 is 11.8 Å². The molecule has 0 fully saturated rings. The van der Waals surface area contributed by atoms with E-state index >= 15 is 0 Å². The molecule has 41 heavy (non-hydrogen) atoms. The van der Waals surface area contributed by atoms with Gasteiger partial charge in [0.15, 0.2) is 11.6 Å². The topological polar surface area (TPSA) is 128 Å². The number of carbonyl (C=O) groups excluding carboxylic acids is 2. The summed E-state index contributed by atoms with van der Waals surface area (Å²) >= 11 is 1.08. The average Bonchev–Trinajstić information content (AvgIpc) is 3.35. The Labute approximate surface area is 242 Å². The minimum Gasteiger partial charge on any atom is -0.492 e. The van der Waals surface area contributed by atoms with Crippen LogP contribution < -0.4 is 4.74 Å². The molecular weight excluding hydrogens is 544 g/mol. The third-order valence-corrected chi connectivity index (χ3v) is 7.35. The van der Waals surface area contributed by atoms with Crippen molar-refractivity contribution < 1.29 is 34.1 Å². The van der Waals surface area contributed by atoms with Gasteiger partial charge in [-0.25, -0.2) is 4.79 Å². The first-order valence-corrected chi connectivity index (χ1v) is 14.4. The van der Waals surface area contributed by atoms with Gasteiger partial charge in [-0.15, -0.1) is 11.8 Å². The molecule has 0 spiro atoms. The summed E-state index contributed by atoms with van der Waals surface area (Å²) in [5, 5.41) is 20.1. The Bertz CT molecular complexity index is 1560. The zero-order valence-electron chi connectivity index (χ0n) is 23.1. The van der Waals surface area contributed by atoms with Gasteiger partial charge in [-0.05, 0) is 48.6 Å². The largest absolute Gasteiger partial charge is 0.492 e. The van der Waals surface area contributed by atoms with E-state index in [9.17, 15) is 24.6 Å². The van der Waals surface area contributed by atoms with Crippen molar-refractivity contribution in [1.82, 2.24) is 9.55 Å². The van der Waals surface area contributed by atoms with Gasteiger partial charge in [0.2, 0.25) is 5.44 Å². The van der Waals surface area contributed by atoms with Gasteiger partial charge in [-0.1, -0.05) is 31.2 Å². The van der Waals surface area contributed by atoms with Gasteiger partial charge < -0.3 is 24.3 Å². The second-order valence-corrected chi connectivity index (χ2v) is 10.4. The van der Waals surface area contributed by atoms with Crippen molar-refractivity contribution in [3.63, 3.8) is 0 Å². The molecule has 2 N–H and O–H groups in total. The molecular formula is C31H32N2O7S. The van der Waals surface area contributed by atoms with Crippen molar-refractivity contribution in [2.45, 2.75) is 45.0 Å². The predicted molar refractivity (Wildman–Crippen MR) is 157 cm³/mol. The van der Waals surface area contributed by atoms with Crippen LogP contribution in [0, 0.1) is 0 Å². The van der Waals surface area contributed by atoms with Gasteiger partial charge in [-0.2, -0.15) is 0 Å². The van der Waals surface area contributed by atoms with Crippen LogP contribution in [0.5, 0.6) is 5.75 Å². The molecule has 0 radical (unpaired) electrons. The number of carboxylic acids is 1. The molecule has 0 aliphatic rings. The normalized spacial score (nSPS) is 12.7. The highest BCUT2D eigenvalue weighted by molar-refractivity contribution is 7.99. The van der Waals surface area contributed by atoms with Crippen LogP contribution in [0.3, 0.4) is 0 Å². The fourth-order valence-electron chi connectivity index (χ4n) is 4.46. The number of aliphatic hydroxyl groups excluding tert-OH is 1. The van der Waals surface area contributed by atoms with Gasteiger partial charge in [0.1, 0.15) is 12.4 Å². The first-order chi connectivity index (χ1) is 19.7. The number of rotatable bonds is 14. The zero-order valence-corrected chi connectivity index (χ0v) is 23.9. The van der Waals surface area contributed by atoms with Gasteiger partial charge in [-0.3, -0.25) is 14.6 Å². The highest BCUT2D eigenvalue weighted by atomic mass is 32.2. The second kappa shape index (κ2) is 13.6. The van der Waals surface area contributed by atoms with Crippen molar-refractivity contribution >= 4 is 40.2 Å². The van der Waals surface area contributed by atoms with E-state index in [2.05, 4.69) is 4.98 Å². The maximum atomic E-state index is 13.5. The highest BCUT2D eigenvalue weighted by Crippen LogP contribution is 2.26. The minimum atomic E-state index is -1.06. The number of benzene rings is 2. The molecule has 0 aliphatic carbocycles. The molecule has 2 atom stereocenters. The Kier molecular flexibility index (Phi) is 9.93. The average molecular weight is 577 g/mol. The summed E-state index contributed by atoms with van der Waals surface area (Å²) < 4.78 is 13.4. The molecule has 4 aromatic rings. The Hall–Kier alpha value is -3.99. The molecule has 0 saturated carbocycles. The lowest BCUT2D eigenvalue weighted by atomic mass is 9.99. The molecule has 2 heterocycles. The molecule has 10 heteroatoms. The molecule has 0 bridgehead atoms. The highest BCUT2D eigenvalue weighted by Gasteiger charge is 2.19. The summed E-state index contributed by atoms with van der Waals surface area (Å²) in [4.78, 5) is 41.2. The van der Waals surface area contributed by atoms with E-state index in [1.807, 2.05) is 4.57 Å². The molecule has 2 aromatic carbocycles. The fourth-order valence-corrected chi connectivity index (χ4v) is 4.87. The van der Waals surface area contributed by atoms with E-state index in [0.29, 0.717) is 46.5 Å². The number of ether oxygens (including phenoxy) is 2. The quantitative estimate of drug-likeness (QED) is 0.152. The Balaban J connectivity index is 1.53. The Morgan fingerprint density at radius 3 is 2.59 bits per heavy atom. The van der Waals surface area contributed by atoms with Crippen molar-refractivity contribution in [3.8, 4) is 5.75 Å². The fraction of sp³-hybridized carbons (Fsp3) is 0.290. The number of fused-ring (bicyclic) bond motifs is 1. The van der Waals surface area contributed by atoms with Crippen LogP contribution in [0.15, 0.2) is 67.1 Å². The Morgan fingerprint density at radius 2 is 1.88 bits per heavy atom. The number of carboxylic acid groups (broad SMARTS) is 1. The van der Waals surface area contributed by atoms with Crippen molar-refractivity contribution in [1.29, 1.82) is 0 Å².